The zero-order valence-electron chi connectivity index (χ0n) is 16.6. The van der Waals surface area contributed by atoms with Gasteiger partial charge in [-0.15, -0.1) is 10.2 Å². The molecule has 9 heteroatoms. The number of hydrogen-bond acceptors (Lipinski definition) is 8. The first-order valence-electron chi connectivity index (χ1n) is 9.13. The largest absolute Gasteiger partial charge is 0.497 e. The average Bonchev–Trinajstić information content (AvgIpc) is 3.23. The van der Waals surface area contributed by atoms with Gasteiger partial charge in [0.2, 0.25) is 11.0 Å². The third kappa shape index (κ3) is 6.30. The molecule has 0 unspecified atom stereocenters. The topological polar surface area (TPSA) is 90.4 Å². The van der Waals surface area contributed by atoms with Crippen LogP contribution in [0.15, 0.2) is 52.9 Å². The van der Waals surface area contributed by atoms with Crippen LogP contribution in [-0.2, 0) is 21.7 Å². The number of carbonyl (C=O) groups is 2. The normalized spacial score (nSPS) is 10.5. The van der Waals surface area contributed by atoms with Crippen molar-refractivity contribution in [1.29, 1.82) is 0 Å². The summed E-state index contributed by atoms with van der Waals surface area (Å²) in [5.74, 6) is 1.02. The number of benzene rings is 2. The molecule has 1 amide bonds. The summed E-state index contributed by atoms with van der Waals surface area (Å²) in [7, 11) is 2.98. The molecule has 0 fully saturated rings. The standard InChI is InChI=1S/C21H21N3O4S2/c1-27-17-10-5-14(6-11-17)7-12-18(25)22-20-23-24-21(30-20)29-13-15-3-8-16(9-4-15)19(26)28-2/h3-6,8-11H,7,12-13H2,1-2H3,(H,22,23,25). The number of amides is 1. The Hall–Kier alpha value is -2.91. The van der Waals surface area contributed by atoms with Gasteiger partial charge in [-0.05, 0) is 41.8 Å². The van der Waals surface area contributed by atoms with Crippen LogP contribution < -0.4 is 10.1 Å². The molecule has 2 aromatic carbocycles. The minimum Gasteiger partial charge on any atom is -0.497 e. The minimum absolute atomic E-state index is 0.100. The van der Waals surface area contributed by atoms with E-state index < -0.39 is 0 Å². The second kappa shape index (κ2) is 10.7. The van der Waals surface area contributed by atoms with Gasteiger partial charge in [0.05, 0.1) is 19.8 Å². The van der Waals surface area contributed by atoms with Crippen LogP contribution in [-0.4, -0.2) is 36.3 Å². The molecule has 0 aliphatic rings. The predicted octanol–water partition coefficient (Wildman–Crippen LogP) is 4.20. The molecule has 0 bridgehead atoms. The van der Waals surface area contributed by atoms with Gasteiger partial charge in [0.25, 0.3) is 0 Å². The maximum absolute atomic E-state index is 12.2. The van der Waals surface area contributed by atoms with Crippen molar-refractivity contribution in [3.05, 3.63) is 65.2 Å². The van der Waals surface area contributed by atoms with Crippen molar-refractivity contribution in [3.63, 3.8) is 0 Å². The van der Waals surface area contributed by atoms with Crippen LogP contribution in [0.3, 0.4) is 0 Å². The van der Waals surface area contributed by atoms with E-state index in [-0.39, 0.29) is 11.9 Å². The van der Waals surface area contributed by atoms with E-state index in [4.69, 9.17) is 9.47 Å². The van der Waals surface area contributed by atoms with Crippen molar-refractivity contribution in [2.24, 2.45) is 0 Å². The number of carbonyl (C=O) groups excluding carboxylic acids is 2. The lowest BCUT2D eigenvalue weighted by molar-refractivity contribution is -0.116. The Morgan fingerprint density at radius 2 is 1.70 bits per heavy atom. The zero-order chi connectivity index (χ0) is 21.3. The summed E-state index contributed by atoms with van der Waals surface area (Å²) in [5, 5.41) is 11.4. The maximum atomic E-state index is 12.2. The van der Waals surface area contributed by atoms with Crippen molar-refractivity contribution in [2.45, 2.75) is 22.9 Å². The van der Waals surface area contributed by atoms with E-state index in [1.807, 2.05) is 36.4 Å². The van der Waals surface area contributed by atoms with Crippen LogP contribution in [0.25, 0.3) is 0 Å². The monoisotopic (exact) mass is 443 g/mol. The molecule has 0 spiro atoms. The maximum Gasteiger partial charge on any atom is 0.337 e. The molecule has 0 atom stereocenters. The smallest absolute Gasteiger partial charge is 0.337 e. The molecule has 30 heavy (non-hydrogen) atoms. The van der Waals surface area contributed by atoms with Crippen molar-refractivity contribution in [1.82, 2.24) is 10.2 Å². The third-order valence-electron chi connectivity index (χ3n) is 4.19. The Morgan fingerprint density at radius 3 is 2.37 bits per heavy atom. The summed E-state index contributed by atoms with van der Waals surface area (Å²) in [6.45, 7) is 0. The van der Waals surface area contributed by atoms with Crippen LogP contribution in [0.1, 0.15) is 27.9 Å². The SMILES string of the molecule is COC(=O)c1ccc(CSc2nnc(NC(=O)CCc3ccc(OC)cc3)s2)cc1. The lowest BCUT2D eigenvalue weighted by Crippen LogP contribution is -2.12. The Kier molecular flexibility index (Phi) is 7.81. The molecule has 0 saturated heterocycles. The van der Waals surface area contributed by atoms with Gasteiger partial charge in [0.1, 0.15) is 5.75 Å². The van der Waals surface area contributed by atoms with Crippen LogP contribution >= 0.6 is 23.1 Å². The van der Waals surface area contributed by atoms with Gasteiger partial charge in [0.15, 0.2) is 4.34 Å². The van der Waals surface area contributed by atoms with Crippen LogP contribution in [0, 0.1) is 0 Å². The van der Waals surface area contributed by atoms with E-state index in [2.05, 4.69) is 15.5 Å². The molecule has 7 nitrogen and oxygen atoms in total. The summed E-state index contributed by atoms with van der Waals surface area (Å²) in [6.07, 6.45) is 0.999. The van der Waals surface area contributed by atoms with E-state index >= 15 is 0 Å². The molecular weight excluding hydrogens is 422 g/mol. The number of nitrogens with zero attached hydrogens (tertiary/aromatic N) is 2. The van der Waals surface area contributed by atoms with Crippen molar-refractivity contribution >= 4 is 40.1 Å². The molecular formula is C21H21N3O4S2. The highest BCUT2D eigenvalue weighted by atomic mass is 32.2. The summed E-state index contributed by atoms with van der Waals surface area (Å²) in [4.78, 5) is 23.6. The van der Waals surface area contributed by atoms with E-state index in [0.717, 1.165) is 21.2 Å². The number of nitrogens with one attached hydrogen (secondary N) is 1. The fourth-order valence-corrected chi connectivity index (χ4v) is 4.27. The quantitative estimate of drug-likeness (QED) is 0.301. The van der Waals surface area contributed by atoms with Gasteiger partial charge in [-0.25, -0.2) is 4.79 Å². The van der Waals surface area contributed by atoms with Crippen LogP contribution in [0.4, 0.5) is 5.13 Å². The van der Waals surface area contributed by atoms with Crippen LogP contribution in [0.2, 0.25) is 0 Å². The average molecular weight is 444 g/mol. The number of ether oxygens (including phenoxy) is 2. The van der Waals surface area contributed by atoms with Gasteiger partial charge in [-0.1, -0.05) is 47.4 Å². The summed E-state index contributed by atoms with van der Waals surface area (Å²) >= 11 is 2.86. The Morgan fingerprint density at radius 1 is 1.00 bits per heavy atom. The number of aryl methyl sites for hydroxylation is 1. The molecule has 3 aromatic rings. The number of thioether (sulfide) groups is 1. The van der Waals surface area contributed by atoms with E-state index in [1.165, 1.54) is 30.2 Å². The highest BCUT2D eigenvalue weighted by Gasteiger charge is 2.10. The third-order valence-corrected chi connectivity index (χ3v) is 6.23. The van der Waals surface area contributed by atoms with Crippen molar-refractivity contribution in [3.8, 4) is 5.75 Å². The van der Waals surface area contributed by atoms with Crippen LogP contribution in [0.5, 0.6) is 5.75 Å². The predicted molar refractivity (Wildman–Crippen MR) is 117 cm³/mol. The Balaban J connectivity index is 1.44. The van der Waals surface area contributed by atoms with E-state index in [0.29, 0.717) is 29.3 Å². The molecule has 1 heterocycles. The van der Waals surface area contributed by atoms with Gasteiger partial charge in [-0.2, -0.15) is 0 Å². The molecule has 156 valence electrons. The fourth-order valence-electron chi connectivity index (χ4n) is 2.55. The number of hydrogen-bond donors (Lipinski definition) is 1. The number of rotatable bonds is 9. The molecule has 0 saturated carbocycles. The van der Waals surface area contributed by atoms with Gasteiger partial charge >= 0.3 is 5.97 Å². The highest BCUT2D eigenvalue weighted by Crippen LogP contribution is 2.28. The number of anilines is 1. The van der Waals surface area contributed by atoms with E-state index in [9.17, 15) is 9.59 Å². The number of aromatic nitrogens is 2. The fraction of sp³-hybridized carbons (Fsp3) is 0.238. The zero-order valence-corrected chi connectivity index (χ0v) is 18.2. The summed E-state index contributed by atoms with van der Waals surface area (Å²) in [5.41, 5.74) is 2.63. The Bertz CT molecular complexity index is 988. The first kappa shape index (κ1) is 21.8. The second-order valence-corrected chi connectivity index (χ2v) is 8.45. The first-order chi connectivity index (χ1) is 14.6. The van der Waals surface area contributed by atoms with Crippen molar-refractivity contribution < 1.29 is 19.1 Å². The van der Waals surface area contributed by atoms with Gasteiger partial charge in [0, 0.05) is 12.2 Å². The summed E-state index contributed by atoms with van der Waals surface area (Å²) in [6, 6.07) is 14.9. The lowest BCUT2D eigenvalue weighted by Gasteiger charge is -2.03. The summed E-state index contributed by atoms with van der Waals surface area (Å²) < 4.78 is 10.6. The van der Waals surface area contributed by atoms with Crippen molar-refractivity contribution in [2.75, 3.05) is 19.5 Å². The van der Waals surface area contributed by atoms with Gasteiger partial charge < -0.3 is 14.8 Å². The number of methoxy groups -OCH3 is 2. The minimum atomic E-state index is -0.356. The molecule has 1 N–H and O–H groups in total. The van der Waals surface area contributed by atoms with Gasteiger partial charge in [-0.3, -0.25) is 4.79 Å². The molecule has 0 aliphatic heterocycles. The molecule has 3 rings (SSSR count). The molecule has 0 radical (unpaired) electrons. The molecule has 1 aromatic heterocycles. The Labute approximate surface area is 182 Å². The lowest BCUT2D eigenvalue weighted by atomic mass is 10.1. The molecule has 0 aliphatic carbocycles. The highest BCUT2D eigenvalue weighted by molar-refractivity contribution is 8.00. The second-order valence-electron chi connectivity index (χ2n) is 6.25. The number of esters is 1. The van der Waals surface area contributed by atoms with E-state index in [1.54, 1.807) is 19.2 Å². The first-order valence-corrected chi connectivity index (χ1v) is 10.9.